The maximum absolute atomic E-state index is 4.46. The highest BCUT2D eigenvalue weighted by molar-refractivity contribution is 7.11. The molecule has 0 saturated carbocycles. The van der Waals surface area contributed by atoms with E-state index in [1.165, 1.54) is 35.0 Å². The molecule has 148 valence electrons. The van der Waals surface area contributed by atoms with E-state index in [2.05, 4.69) is 42.3 Å². The second-order valence-electron chi connectivity index (χ2n) is 6.85. The van der Waals surface area contributed by atoms with E-state index in [4.69, 9.17) is 0 Å². The van der Waals surface area contributed by atoms with Crippen molar-refractivity contribution in [3.63, 3.8) is 0 Å². The molecule has 7 nitrogen and oxygen atoms in total. The SMILES string of the molecule is CCc1cnc(CCNC(=NC)NCCCc2nnc3n2CCCCC3)s1. The molecule has 1 aliphatic rings. The summed E-state index contributed by atoms with van der Waals surface area (Å²) in [6, 6.07) is 0. The van der Waals surface area contributed by atoms with E-state index in [-0.39, 0.29) is 0 Å². The van der Waals surface area contributed by atoms with Gasteiger partial charge in [-0.05, 0) is 25.7 Å². The molecule has 0 amide bonds. The number of aryl methyl sites for hydroxylation is 3. The van der Waals surface area contributed by atoms with E-state index in [1.54, 1.807) is 11.3 Å². The highest BCUT2D eigenvalue weighted by Gasteiger charge is 2.14. The average molecular weight is 390 g/mol. The van der Waals surface area contributed by atoms with Crippen molar-refractivity contribution in [1.82, 2.24) is 30.4 Å². The topological polar surface area (TPSA) is 80.0 Å². The Labute approximate surface area is 165 Å². The third kappa shape index (κ3) is 5.76. The molecule has 0 saturated heterocycles. The van der Waals surface area contributed by atoms with Crippen LogP contribution in [0.4, 0.5) is 0 Å². The molecule has 0 atom stereocenters. The smallest absolute Gasteiger partial charge is 0.190 e. The number of rotatable bonds is 8. The van der Waals surface area contributed by atoms with Gasteiger partial charge < -0.3 is 15.2 Å². The largest absolute Gasteiger partial charge is 0.356 e. The molecular weight excluding hydrogens is 358 g/mol. The molecule has 2 N–H and O–H groups in total. The van der Waals surface area contributed by atoms with Gasteiger partial charge in [0.05, 0.1) is 5.01 Å². The van der Waals surface area contributed by atoms with Gasteiger partial charge in [0, 0.05) is 57.0 Å². The molecule has 3 heterocycles. The number of guanidine groups is 1. The number of fused-ring (bicyclic) bond motifs is 1. The second-order valence-corrected chi connectivity index (χ2v) is 8.05. The van der Waals surface area contributed by atoms with Crippen molar-refractivity contribution in [1.29, 1.82) is 0 Å². The summed E-state index contributed by atoms with van der Waals surface area (Å²) < 4.78 is 2.33. The van der Waals surface area contributed by atoms with Crippen molar-refractivity contribution >= 4 is 17.3 Å². The number of nitrogens with one attached hydrogen (secondary N) is 2. The van der Waals surface area contributed by atoms with Crippen molar-refractivity contribution in [3.05, 3.63) is 27.7 Å². The first-order valence-corrected chi connectivity index (χ1v) is 10.9. The predicted octanol–water partition coefficient (Wildman–Crippen LogP) is 2.36. The molecule has 27 heavy (non-hydrogen) atoms. The lowest BCUT2D eigenvalue weighted by atomic mass is 10.2. The lowest BCUT2D eigenvalue weighted by Gasteiger charge is -2.11. The van der Waals surface area contributed by atoms with Crippen molar-refractivity contribution in [2.24, 2.45) is 4.99 Å². The van der Waals surface area contributed by atoms with Gasteiger partial charge in [0.25, 0.3) is 0 Å². The van der Waals surface area contributed by atoms with Crippen LogP contribution >= 0.6 is 11.3 Å². The Morgan fingerprint density at radius 1 is 1.19 bits per heavy atom. The number of nitrogens with zero attached hydrogens (tertiary/aromatic N) is 5. The maximum Gasteiger partial charge on any atom is 0.190 e. The number of hydrogen-bond acceptors (Lipinski definition) is 5. The van der Waals surface area contributed by atoms with E-state index in [0.717, 1.165) is 63.5 Å². The van der Waals surface area contributed by atoms with E-state index in [0.29, 0.717) is 0 Å². The van der Waals surface area contributed by atoms with Crippen LogP contribution in [-0.2, 0) is 32.2 Å². The van der Waals surface area contributed by atoms with Gasteiger partial charge in [0.15, 0.2) is 5.96 Å². The summed E-state index contributed by atoms with van der Waals surface area (Å²) in [5, 5.41) is 16.7. The zero-order valence-corrected chi connectivity index (χ0v) is 17.3. The van der Waals surface area contributed by atoms with Gasteiger partial charge in [-0.15, -0.1) is 21.5 Å². The molecule has 8 heteroatoms. The van der Waals surface area contributed by atoms with Crippen molar-refractivity contribution in [3.8, 4) is 0 Å². The highest BCUT2D eigenvalue weighted by atomic mass is 32.1. The fourth-order valence-corrected chi connectivity index (χ4v) is 4.18. The Hall–Kier alpha value is -1.96. The van der Waals surface area contributed by atoms with Gasteiger partial charge in [0.1, 0.15) is 11.6 Å². The van der Waals surface area contributed by atoms with Gasteiger partial charge >= 0.3 is 0 Å². The zero-order chi connectivity index (χ0) is 18.9. The first-order chi connectivity index (χ1) is 13.3. The minimum absolute atomic E-state index is 0.841. The van der Waals surface area contributed by atoms with Gasteiger partial charge in [-0.25, -0.2) is 4.98 Å². The molecule has 0 unspecified atom stereocenters. The first kappa shape index (κ1) is 19.8. The molecule has 0 aromatic carbocycles. The predicted molar refractivity (Wildman–Crippen MR) is 110 cm³/mol. The van der Waals surface area contributed by atoms with Crippen molar-refractivity contribution in [2.45, 2.75) is 64.8 Å². The van der Waals surface area contributed by atoms with Crippen LogP contribution in [0.3, 0.4) is 0 Å². The van der Waals surface area contributed by atoms with Crippen LogP contribution in [0, 0.1) is 0 Å². The number of aliphatic imine (C=N–C) groups is 1. The monoisotopic (exact) mass is 389 g/mol. The van der Waals surface area contributed by atoms with E-state index >= 15 is 0 Å². The van der Waals surface area contributed by atoms with Gasteiger partial charge in [-0.2, -0.15) is 0 Å². The van der Waals surface area contributed by atoms with Gasteiger partial charge in [-0.3, -0.25) is 4.99 Å². The summed E-state index contributed by atoms with van der Waals surface area (Å²) in [7, 11) is 1.81. The molecule has 2 aromatic rings. The molecule has 2 aromatic heterocycles. The minimum atomic E-state index is 0.841. The molecule has 0 bridgehead atoms. The van der Waals surface area contributed by atoms with Crippen LogP contribution in [0.1, 0.15) is 54.1 Å². The normalized spacial score (nSPS) is 14.7. The quantitative estimate of drug-likeness (QED) is 0.412. The molecular formula is C19H31N7S. The fraction of sp³-hybridized carbons (Fsp3) is 0.684. The lowest BCUT2D eigenvalue weighted by Crippen LogP contribution is -2.38. The molecule has 1 aliphatic heterocycles. The fourth-order valence-electron chi connectivity index (χ4n) is 3.32. The molecule has 0 spiro atoms. The summed E-state index contributed by atoms with van der Waals surface area (Å²) in [5.74, 6) is 3.15. The Balaban J connectivity index is 1.35. The Bertz CT molecular complexity index is 734. The van der Waals surface area contributed by atoms with Crippen LogP contribution in [0.25, 0.3) is 0 Å². The first-order valence-electron chi connectivity index (χ1n) is 10.1. The van der Waals surface area contributed by atoms with Crippen molar-refractivity contribution in [2.75, 3.05) is 20.1 Å². The summed E-state index contributed by atoms with van der Waals surface area (Å²) in [5.41, 5.74) is 0. The van der Waals surface area contributed by atoms with E-state index in [9.17, 15) is 0 Å². The van der Waals surface area contributed by atoms with Crippen LogP contribution in [-0.4, -0.2) is 45.8 Å². The van der Waals surface area contributed by atoms with Gasteiger partial charge in [-0.1, -0.05) is 13.3 Å². The van der Waals surface area contributed by atoms with Crippen LogP contribution in [0.15, 0.2) is 11.2 Å². The molecule has 0 fully saturated rings. The van der Waals surface area contributed by atoms with E-state index < -0.39 is 0 Å². The van der Waals surface area contributed by atoms with Gasteiger partial charge in [0.2, 0.25) is 0 Å². The Kier molecular flexibility index (Phi) is 7.62. The Morgan fingerprint density at radius 2 is 2.07 bits per heavy atom. The zero-order valence-electron chi connectivity index (χ0n) is 16.5. The summed E-state index contributed by atoms with van der Waals surface area (Å²) in [6.45, 7) is 4.95. The lowest BCUT2D eigenvalue weighted by molar-refractivity contribution is 0.594. The second kappa shape index (κ2) is 10.4. The minimum Gasteiger partial charge on any atom is -0.356 e. The number of thiazole rings is 1. The summed E-state index contributed by atoms with van der Waals surface area (Å²) in [4.78, 5) is 10.1. The number of aromatic nitrogens is 4. The molecule has 0 radical (unpaired) electrons. The maximum atomic E-state index is 4.46. The molecule has 0 aliphatic carbocycles. The summed E-state index contributed by atoms with van der Waals surface area (Å²) in [6.07, 6.45) is 10.8. The van der Waals surface area contributed by atoms with Crippen LogP contribution in [0.5, 0.6) is 0 Å². The number of hydrogen-bond donors (Lipinski definition) is 2. The third-order valence-corrected chi connectivity index (χ3v) is 6.06. The Morgan fingerprint density at radius 3 is 2.89 bits per heavy atom. The van der Waals surface area contributed by atoms with E-state index in [1.807, 2.05) is 13.2 Å². The molecule has 3 rings (SSSR count). The summed E-state index contributed by atoms with van der Waals surface area (Å²) >= 11 is 1.80. The van der Waals surface area contributed by atoms with Crippen LogP contribution in [0.2, 0.25) is 0 Å². The standard InChI is InChI=1S/C19H31N7S/c1-3-15-14-23-18(27-15)10-12-22-19(20-2)21-11-7-9-17-25-24-16-8-5-4-6-13-26(16)17/h14H,3-13H2,1-2H3,(H2,20,21,22). The third-order valence-electron chi connectivity index (χ3n) is 4.86. The highest BCUT2D eigenvalue weighted by Crippen LogP contribution is 2.15. The average Bonchev–Trinajstić information content (AvgIpc) is 3.23. The van der Waals surface area contributed by atoms with Crippen molar-refractivity contribution < 1.29 is 0 Å². The van der Waals surface area contributed by atoms with Crippen LogP contribution < -0.4 is 10.6 Å².